The molecule has 0 aliphatic carbocycles. The minimum atomic E-state index is -0.0210. The second kappa shape index (κ2) is 7.66. The van der Waals surface area contributed by atoms with Gasteiger partial charge in [-0.3, -0.25) is 4.79 Å². The maximum Gasteiger partial charge on any atom is 0.224 e. The molecule has 0 spiro atoms. The number of anilines is 2. The van der Waals surface area contributed by atoms with Crippen LogP contribution in [0.25, 0.3) is 10.2 Å². The summed E-state index contributed by atoms with van der Waals surface area (Å²) >= 11 is 1.65. The number of nitrogens with zero attached hydrogens (tertiary/aromatic N) is 3. The van der Waals surface area contributed by atoms with E-state index in [2.05, 4.69) is 15.4 Å². The van der Waals surface area contributed by atoms with Crippen molar-refractivity contribution in [3.63, 3.8) is 0 Å². The van der Waals surface area contributed by atoms with E-state index in [1.807, 2.05) is 32.0 Å². The van der Waals surface area contributed by atoms with E-state index in [1.54, 1.807) is 11.3 Å². The quantitative estimate of drug-likeness (QED) is 0.725. The number of aromatic nitrogens is 2. The third-order valence-corrected chi connectivity index (χ3v) is 5.80. The highest BCUT2D eigenvalue weighted by molar-refractivity contribution is 7.22. The highest BCUT2D eigenvalue weighted by atomic mass is 32.1. The molecule has 1 saturated heterocycles. The Balaban J connectivity index is 1.41. The van der Waals surface area contributed by atoms with Crippen molar-refractivity contribution in [2.75, 3.05) is 36.5 Å². The number of nitrogens with one attached hydrogen (secondary N) is 1. The van der Waals surface area contributed by atoms with Crippen LogP contribution in [0.2, 0.25) is 0 Å². The normalized spacial score (nSPS) is 14.7. The molecule has 0 radical (unpaired) electrons. The first-order valence-corrected chi connectivity index (χ1v) is 9.86. The summed E-state index contributed by atoms with van der Waals surface area (Å²) in [5, 5.41) is 7.92. The Labute approximate surface area is 161 Å². The molecular formula is C19H22N4O3S. The van der Waals surface area contributed by atoms with Crippen LogP contribution in [0.3, 0.4) is 0 Å². The average molecular weight is 386 g/mol. The number of carbonyl (C=O) groups is 1. The Hall–Kier alpha value is -2.45. The van der Waals surface area contributed by atoms with Gasteiger partial charge in [-0.1, -0.05) is 16.5 Å². The predicted molar refractivity (Wildman–Crippen MR) is 106 cm³/mol. The number of hydrogen-bond donors (Lipinski definition) is 1. The van der Waals surface area contributed by atoms with Crippen molar-refractivity contribution < 1.29 is 14.1 Å². The van der Waals surface area contributed by atoms with Gasteiger partial charge in [0.2, 0.25) is 5.91 Å². The lowest BCUT2D eigenvalue weighted by molar-refractivity contribution is -0.116. The summed E-state index contributed by atoms with van der Waals surface area (Å²) in [7, 11) is 0. The summed E-state index contributed by atoms with van der Waals surface area (Å²) in [6.45, 7) is 6.98. The monoisotopic (exact) mass is 386 g/mol. The van der Waals surface area contributed by atoms with Gasteiger partial charge in [-0.25, -0.2) is 4.98 Å². The van der Waals surface area contributed by atoms with Gasteiger partial charge in [-0.05, 0) is 38.5 Å². The minimum absolute atomic E-state index is 0.0210. The lowest BCUT2D eigenvalue weighted by Crippen LogP contribution is -2.36. The number of thiazole rings is 1. The van der Waals surface area contributed by atoms with E-state index >= 15 is 0 Å². The lowest BCUT2D eigenvalue weighted by Gasteiger charge is -2.25. The number of benzene rings is 1. The van der Waals surface area contributed by atoms with Crippen LogP contribution in [0.5, 0.6) is 0 Å². The molecule has 0 atom stereocenters. The zero-order valence-electron chi connectivity index (χ0n) is 15.4. The van der Waals surface area contributed by atoms with Gasteiger partial charge in [0.1, 0.15) is 5.76 Å². The molecule has 3 heterocycles. The molecule has 0 saturated carbocycles. The first-order valence-electron chi connectivity index (χ1n) is 9.05. The molecule has 27 heavy (non-hydrogen) atoms. The number of ether oxygens (including phenoxy) is 1. The molecule has 7 nitrogen and oxygen atoms in total. The molecule has 1 aromatic carbocycles. The fourth-order valence-corrected chi connectivity index (χ4v) is 4.26. The smallest absolute Gasteiger partial charge is 0.224 e. The van der Waals surface area contributed by atoms with Gasteiger partial charge in [-0.2, -0.15) is 0 Å². The Bertz CT molecular complexity index is 940. The van der Waals surface area contributed by atoms with Crippen molar-refractivity contribution in [1.82, 2.24) is 10.1 Å². The van der Waals surface area contributed by atoms with Crippen molar-refractivity contribution in [2.45, 2.75) is 26.7 Å². The van der Waals surface area contributed by atoms with E-state index < -0.39 is 0 Å². The van der Waals surface area contributed by atoms with E-state index in [0.29, 0.717) is 12.8 Å². The van der Waals surface area contributed by atoms with Crippen molar-refractivity contribution >= 4 is 38.3 Å². The highest BCUT2D eigenvalue weighted by Crippen LogP contribution is 2.31. The number of hydrogen-bond acceptors (Lipinski definition) is 7. The Morgan fingerprint density at radius 1 is 1.30 bits per heavy atom. The van der Waals surface area contributed by atoms with Crippen LogP contribution in [-0.4, -0.2) is 42.4 Å². The first-order chi connectivity index (χ1) is 13.1. The van der Waals surface area contributed by atoms with E-state index in [-0.39, 0.29) is 5.91 Å². The molecule has 1 aliphatic heterocycles. The van der Waals surface area contributed by atoms with E-state index in [9.17, 15) is 4.79 Å². The van der Waals surface area contributed by atoms with Gasteiger partial charge in [0.25, 0.3) is 0 Å². The third-order valence-electron chi connectivity index (χ3n) is 4.73. The Morgan fingerprint density at radius 2 is 2.11 bits per heavy atom. The van der Waals surface area contributed by atoms with Gasteiger partial charge in [0.05, 0.1) is 29.1 Å². The summed E-state index contributed by atoms with van der Waals surface area (Å²) in [5.74, 6) is 0.759. The highest BCUT2D eigenvalue weighted by Gasteiger charge is 2.16. The zero-order chi connectivity index (χ0) is 18.8. The zero-order valence-corrected chi connectivity index (χ0v) is 16.3. The summed E-state index contributed by atoms with van der Waals surface area (Å²) in [4.78, 5) is 19.3. The molecule has 1 amide bonds. The second-order valence-corrected chi connectivity index (χ2v) is 7.64. The maximum atomic E-state index is 12.3. The number of morpholine rings is 1. The summed E-state index contributed by atoms with van der Waals surface area (Å²) in [5.41, 5.74) is 3.61. The summed E-state index contributed by atoms with van der Waals surface area (Å²) < 4.78 is 11.6. The van der Waals surface area contributed by atoms with Gasteiger partial charge >= 0.3 is 0 Å². The summed E-state index contributed by atoms with van der Waals surface area (Å²) in [6, 6.07) is 5.85. The van der Waals surface area contributed by atoms with Crippen LogP contribution in [0.1, 0.15) is 23.4 Å². The lowest BCUT2D eigenvalue weighted by atomic mass is 10.1. The van der Waals surface area contributed by atoms with E-state index in [4.69, 9.17) is 14.2 Å². The maximum absolute atomic E-state index is 12.3. The van der Waals surface area contributed by atoms with Crippen molar-refractivity contribution in [3.8, 4) is 0 Å². The topological polar surface area (TPSA) is 80.5 Å². The molecular weight excluding hydrogens is 364 g/mol. The SMILES string of the molecule is Cc1noc(C)c1CCC(=O)Nc1ccc2nc(N3CCOCC3)sc2c1. The van der Waals surface area contributed by atoms with Crippen LogP contribution in [0.4, 0.5) is 10.8 Å². The van der Waals surface area contributed by atoms with Gasteiger partial charge < -0.3 is 19.5 Å². The Kier molecular flexibility index (Phi) is 5.09. The van der Waals surface area contributed by atoms with Crippen molar-refractivity contribution in [3.05, 3.63) is 35.2 Å². The van der Waals surface area contributed by atoms with E-state index in [0.717, 1.165) is 64.4 Å². The molecule has 0 bridgehead atoms. The largest absolute Gasteiger partial charge is 0.378 e. The van der Waals surface area contributed by atoms with Crippen LogP contribution in [-0.2, 0) is 16.0 Å². The Morgan fingerprint density at radius 3 is 2.85 bits per heavy atom. The van der Waals surface area contributed by atoms with Gasteiger partial charge in [0.15, 0.2) is 5.13 Å². The fraction of sp³-hybridized carbons (Fsp3) is 0.421. The third kappa shape index (κ3) is 3.96. The number of rotatable bonds is 5. The number of carbonyl (C=O) groups excluding carboxylic acids is 1. The van der Waals surface area contributed by atoms with Crippen molar-refractivity contribution in [2.24, 2.45) is 0 Å². The molecule has 0 unspecified atom stereocenters. The molecule has 4 rings (SSSR count). The second-order valence-electron chi connectivity index (χ2n) is 6.63. The van der Waals surface area contributed by atoms with Crippen molar-refractivity contribution in [1.29, 1.82) is 0 Å². The molecule has 1 N–H and O–H groups in total. The summed E-state index contributed by atoms with van der Waals surface area (Å²) in [6.07, 6.45) is 1.01. The first kappa shape index (κ1) is 17.9. The number of fused-ring (bicyclic) bond motifs is 1. The fourth-order valence-electron chi connectivity index (χ4n) is 3.20. The predicted octanol–water partition coefficient (Wildman–Crippen LogP) is 3.31. The molecule has 1 fully saturated rings. The molecule has 142 valence electrons. The van der Waals surface area contributed by atoms with Crippen LogP contribution in [0, 0.1) is 13.8 Å². The standard InChI is InChI=1S/C19H22N4O3S/c1-12-15(13(2)26-22-12)4-6-18(24)20-14-3-5-16-17(11-14)27-19(21-16)23-7-9-25-10-8-23/h3,5,11H,4,6-10H2,1-2H3,(H,20,24). The van der Waals surface area contributed by atoms with Gasteiger partial charge in [-0.15, -0.1) is 0 Å². The van der Waals surface area contributed by atoms with Gasteiger partial charge in [0, 0.05) is 30.8 Å². The number of amides is 1. The van der Waals surface area contributed by atoms with Crippen LogP contribution < -0.4 is 10.2 Å². The molecule has 2 aromatic heterocycles. The molecule has 8 heteroatoms. The molecule has 3 aromatic rings. The van der Waals surface area contributed by atoms with Crippen LogP contribution >= 0.6 is 11.3 Å². The van der Waals surface area contributed by atoms with E-state index in [1.165, 1.54) is 0 Å². The van der Waals surface area contributed by atoms with Crippen LogP contribution in [0.15, 0.2) is 22.7 Å². The molecule has 1 aliphatic rings. The minimum Gasteiger partial charge on any atom is -0.378 e. The average Bonchev–Trinajstić information content (AvgIpc) is 3.24. The number of aryl methyl sites for hydroxylation is 2.